The number of halogens is 1. The van der Waals surface area contributed by atoms with Crippen molar-refractivity contribution in [3.8, 4) is 23.0 Å². The standard InChI is InChI=1S/C20H17ClN2O6/c1-20(12-2-3-14-15(8-12)29-10-28-14)18(24)23(19(25)22-20)9-11-6-13(21)17-16(7-11)26-4-5-27-17/h2-3,6-8H,4-5,9-10H2,1H3,(H,22,25). The number of fused-ring (bicyclic) bond motifs is 2. The number of hydrogen-bond acceptors (Lipinski definition) is 6. The van der Waals surface area contributed by atoms with Crippen LogP contribution in [-0.2, 0) is 16.9 Å². The van der Waals surface area contributed by atoms with Gasteiger partial charge in [0.2, 0.25) is 6.79 Å². The zero-order valence-corrected chi connectivity index (χ0v) is 16.2. The molecule has 2 aromatic carbocycles. The van der Waals surface area contributed by atoms with Gasteiger partial charge in [0.05, 0.1) is 11.6 Å². The van der Waals surface area contributed by atoms with Gasteiger partial charge in [-0.1, -0.05) is 17.7 Å². The van der Waals surface area contributed by atoms with Gasteiger partial charge in [-0.15, -0.1) is 0 Å². The van der Waals surface area contributed by atoms with Crippen LogP contribution >= 0.6 is 11.6 Å². The minimum Gasteiger partial charge on any atom is -0.486 e. The number of ether oxygens (including phenoxy) is 4. The van der Waals surface area contributed by atoms with Gasteiger partial charge in [0, 0.05) is 0 Å². The molecular weight excluding hydrogens is 400 g/mol. The van der Waals surface area contributed by atoms with Gasteiger partial charge >= 0.3 is 6.03 Å². The highest BCUT2D eigenvalue weighted by molar-refractivity contribution is 6.32. The number of hydrogen-bond donors (Lipinski definition) is 1. The van der Waals surface area contributed by atoms with Crippen LogP contribution in [0.15, 0.2) is 30.3 Å². The summed E-state index contributed by atoms with van der Waals surface area (Å²) in [5, 5.41) is 3.16. The average Bonchev–Trinajstić information content (AvgIpc) is 3.26. The first-order chi connectivity index (χ1) is 14.0. The number of benzene rings is 2. The first-order valence-electron chi connectivity index (χ1n) is 9.08. The molecule has 1 unspecified atom stereocenters. The fourth-order valence-corrected chi connectivity index (χ4v) is 3.97. The van der Waals surface area contributed by atoms with Crippen molar-refractivity contribution in [2.24, 2.45) is 0 Å². The van der Waals surface area contributed by atoms with E-state index in [1.807, 2.05) is 0 Å². The topological polar surface area (TPSA) is 86.3 Å². The summed E-state index contributed by atoms with van der Waals surface area (Å²) in [5.74, 6) is 1.76. The smallest absolute Gasteiger partial charge is 0.325 e. The van der Waals surface area contributed by atoms with Crippen LogP contribution in [0.2, 0.25) is 5.02 Å². The Bertz CT molecular complexity index is 1040. The van der Waals surface area contributed by atoms with Crippen molar-refractivity contribution >= 4 is 23.5 Å². The molecule has 29 heavy (non-hydrogen) atoms. The summed E-state index contributed by atoms with van der Waals surface area (Å²) in [6, 6.07) is 8.11. The van der Waals surface area contributed by atoms with Gasteiger partial charge in [-0.25, -0.2) is 4.79 Å². The third-order valence-corrected chi connectivity index (χ3v) is 5.50. The van der Waals surface area contributed by atoms with E-state index in [-0.39, 0.29) is 19.2 Å². The molecule has 1 N–H and O–H groups in total. The zero-order valence-electron chi connectivity index (χ0n) is 15.5. The van der Waals surface area contributed by atoms with Crippen molar-refractivity contribution < 1.29 is 28.5 Å². The molecular formula is C20H17ClN2O6. The van der Waals surface area contributed by atoms with Crippen molar-refractivity contribution in [1.29, 1.82) is 0 Å². The van der Waals surface area contributed by atoms with E-state index in [0.29, 0.717) is 52.4 Å². The maximum absolute atomic E-state index is 13.2. The second-order valence-corrected chi connectivity index (χ2v) is 7.52. The normalized spacial score (nSPS) is 22.1. The van der Waals surface area contributed by atoms with E-state index in [1.165, 1.54) is 0 Å². The molecule has 0 aliphatic carbocycles. The SMILES string of the molecule is CC1(c2ccc3c(c2)OCO3)NC(=O)N(Cc2cc(Cl)c3c(c2)OCCO3)C1=O. The van der Waals surface area contributed by atoms with Crippen LogP contribution in [0, 0.1) is 0 Å². The number of imide groups is 1. The average molecular weight is 417 g/mol. The third kappa shape index (κ3) is 2.82. The number of carbonyl (C=O) groups excluding carboxylic acids is 2. The Hall–Kier alpha value is -3.13. The molecule has 0 radical (unpaired) electrons. The summed E-state index contributed by atoms with van der Waals surface area (Å²) in [6.45, 7) is 2.70. The van der Waals surface area contributed by atoms with E-state index in [9.17, 15) is 9.59 Å². The van der Waals surface area contributed by atoms with Crippen LogP contribution in [0.5, 0.6) is 23.0 Å². The monoisotopic (exact) mass is 416 g/mol. The van der Waals surface area contributed by atoms with Crippen molar-refractivity contribution in [3.05, 3.63) is 46.5 Å². The molecule has 3 aliphatic heterocycles. The van der Waals surface area contributed by atoms with Gasteiger partial charge in [-0.2, -0.15) is 0 Å². The van der Waals surface area contributed by atoms with Crippen molar-refractivity contribution in [3.63, 3.8) is 0 Å². The number of carbonyl (C=O) groups is 2. The van der Waals surface area contributed by atoms with Gasteiger partial charge in [0.15, 0.2) is 23.0 Å². The lowest BCUT2D eigenvalue weighted by atomic mass is 9.91. The number of nitrogens with zero attached hydrogens (tertiary/aromatic N) is 1. The van der Waals surface area contributed by atoms with E-state index in [2.05, 4.69) is 5.32 Å². The summed E-state index contributed by atoms with van der Waals surface area (Å²) in [6.07, 6.45) is 0. The molecule has 9 heteroatoms. The highest BCUT2D eigenvalue weighted by atomic mass is 35.5. The largest absolute Gasteiger partial charge is 0.486 e. The minimum absolute atomic E-state index is 0.0567. The molecule has 3 aliphatic rings. The summed E-state index contributed by atoms with van der Waals surface area (Å²) in [7, 11) is 0. The van der Waals surface area contributed by atoms with Gasteiger partial charge in [-0.05, 0) is 42.3 Å². The summed E-state index contributed by atoms with van der Waals surface area (Å²) in [5.41, 5.74) is 0.0656. The Labute approximate surface area is 171 Å². The molecule has 1 saturated heterocycles. The second-order valence-electron chi connectivity index (χ2n) is 7.12. The van der Waals surface area contributed by atoms with Crippen molar-refractivity contribution in [1.82, 2.24) is 10.2 Å². The highest BCUT2D eigenvalue weighted by Crippen LogP contribution is 2.40. The first kappa shape index (κ1) is 17.9. The lowest BCUT2D eigenvalue weighted by Gasteiger charge is -2.23. The molecule has 8 nitrogen and oxygen atoms in total. The number of rotatable bonds is 3. The number of amides is 3. The van der Waals surface area contributed by atoms with Gasteiger partial charge in [0.25, 0.3) is 5.91 Å². The fraction of sp³-hybridized carbons (Fsp3) is 0.300. The number of nitrogens with one attached hydrogen (secondary N) is 1. The van der Waals surface area contributed by atoms with E-state index in [1.54, 1.807) is 37.3 Å². The molecule has 1 atom stereocenters. The predicted molar refractivity (Wildman–Crippen MR) is 101 cm³/mol. The Morgan fingerprint density at radius 2 is 1.83 bits per heavy atom. The molecule has 1 fully saturated rings. The molecule has 0 spiro atoms. The molecule has 0 saturated carbocycles. The quantitative estimate of drug-likeness (QED) is 0.774. The maximum Gasteiger partial charge on any atom is 0.325 e. The van der Waals surface area contributed by atoms with Gasteiger partial charge in [-0.3, -0.25) is 9.69 Å². The Balaban J connectivity index is 1.43. The molecule has 5 rings (SSSR count). The molecule has 0 bridgehead atoms. The van der Waals surface area contributed by atoms with Crippen LogP contribution in [0.4, 0.5) is 4.79 Å². The number of urea groups is 1. The van der Waals surface area contributed by atoms with Crippen LogP contribution in [-0.4, -0.2) is 36.8 Å². The van der Waals surface area contributed by atoms with Crippen LogP contribution in [0.25, 0.3) is 0 Å². The minimum atomic E-state index is -1.21. The lowest BCUT2D eigenvalue weighted by Crippen LogP contribution is -2.40. The maximum atomic E-state index is 13.2. The van der Waals surface area contributed by atoms with E-state index in [4.69, 9.17) is 30.5 Å². The lowest BCUT2D eigenvalue weighted by molar-refractivity contribution is -0.131. The van der Waals surface area contributed by atoms with Gasteiger partial charge < -0.3 is 24.3 Å². The van der Waals surface area contributed by atoms with E-state index >= 15 is 0 Å². The highest BCUT2D eigenvalue weighted by Gasteiger charge is 2.49. The molecule has 3 heterocycles. The second kappa shape index (κ2) is 6.45. The summed E-state index contributed by atoms with van der Waals surface area (Å²) in [4.78, 5) is 27.0. The Morgan fingerprint density at radius 3 is 2.69 bits per heavy atom. The van der Waals surface area contributed by atoms with Crippen molar-refractivity contribution in [2.75, 3.05) is 20.0 Å². The Morgan fingerprint density at radius 1 is 1.03 bits per heavy atom. The predicted octanol–water partition coefficient (Wildman–Crippen LogP) is 2.81. The van der Waals surface area contributed by atoms with Gasteiger partial charge in [0.1, 0.15) is 18.8 Å². The molecule has 0 aromatic heterocycles. The van der Waals surface area contributed by atoms with Crippen LogP contribution in [0.3, 0.4) is 0 Å². The molecule has 3 amide bonds. The zero-order chi connectivity index (χ0) is 20.2. The van der Waals surface area contributed by atoms with E-state index < -0.39 is 11.6 Å². The van der Waals surface area contributed by atoms with Crippen molar-refractivity contribution in [2.45, 2.75) is 19.0 Å². The summed E-state index contributed by atoms with van der Waals surface area (Å²) < 4.78 is 21.8. The Kier molecular flexibility index (Phi) is 3.99. The van der Waals surface area contributed by atoms with Crippen LogP contribution in [0.1, 0.15) is 18.1 Å². The fourth-order valence-electron chi connectivity index (χ4n) is 3.68. The van der Waals surface area contributed by atoms with Crippen LogP contribution < -0.4 is 24.3 Å². The summed E-state index contributed by atoms with van der Waals surface area (Å²) >= 11 is 6.28. The molecule has 2 aromatic rings. The first-order valence-corrected chi connectivity index (χ1v) is 9.46. The third-order valence-electron chi connectivity index (χ3n) is 5.22. The molecule has 150 valence electrons. The van der Waals surface area contributed by atoms with E-state index in [0.717, 1.165) is 4.90 Å².